The fraction of sp³-hybridized carbons (Fsp3) is 0.884. The maximum Gasteiger partial charge on any atom is 0.272 e. The molecule has 14 nitrogen and oxygen atoms in total. The molecule has 5 N–H and O–H groups in total. The van der Waals surface area contributed by atoms with E-state index >= 15 is 0 Å². The van der Waals surface area contributed by atoms with E-state index in [0.717, 1.165) is 88.1 Å². The van der Waals surface area contributed by atoms with Crippen LogP contribution in [0.5, 0.6) is 0 Å². The van der Waals surface area contributed by atoms with Crippen molar-refractivity contribution in [2.24, 2.45) is 11.7 Å². The first kappa shape index (κ1) is 108. The number of hydrogen-bond acceptors (Lipinski definition) is 14. The summed E-state index contributed by atoms with van der Waals surface area (Å²) in [5.74, 6) is -3.30. The Kier molecular flexibility index (Phi) is 54.5. The topological polar surface area (TPSA) is 112 Å². The average Bonchev–Trinajstić information content (AvgIpc) is 1.76. The van der Waals surface area contributed by atoms with E-state index in [1.165, 1.54) is 153 Å². The molecule has 9 aliphatic heterocycles. The maximum atomic E-state index is 12.6. The van der Waals surface area contributed by atoms with E-state index in [2.05, 4.69) is 244 Å². The van der Waals surface area contributed by atoms with E-state index in [9.17, 15) is 22.0 Å². The molecule has 0 amide bonds. The van der Waals surface area contributed by atoms with E-state index in [4.69, 9.17) is 10.8 Å². The van der Waals surface area contributed by atoms with Gasteiger partial charge < -0.3 is 41.1 Å². The standard InChI is InChI=1S/C14H21N.C9H19N.C9H13N.C8H15F2N.2C8H17N.C7H14FN.C7H15NO.C7H15N.C6H11F2N.C6H14N2.C6H13N/c1-12(2)15-10-8-14(9-11-15)13-6-4-3-5-7-13;1-8(2)10-7-5-6-9(10,3)4;1-8(2)7-9-5-3-4-6-10-9;1-7(2)11-5-3-8(9,10)4-6-11;1-8(2)9-6-4-3-5-7-9;1-7(2)9-8-5-3-4-6-8;1-6(2)9-4-3-7(8)5-9;1-6(2)8-4-3-7(9)5-8;1-7(2)8-5-3-4-6-8;1-5(2)9-3-6(7,8)4-9;1-5(2)8-3-6(7)4-8;1-5(2)7-6-3-4-6/h3-7,12,14H,8-11H2,1-2H3;8H,5-7H2,1-4H3;3-6,8H,7H2,1-2H3;7H,3-6H2,1-2H3;8H,3-7H2,1-2H3;7-9H,3-6H2,1-2H3;6-7H,3-5H2,1-2H3;6-7,9H,3-5H2,1-2H3;7H,3-6H2,1-2H3;5H,3-4H2,1-2H3;5-6H,3-4,7H2,1-2H3;5-7H,3-4H2,1-2H3/t;;;;;;2*7-;;;;/m......10..../s1. The van der Waals surface area contributed by atoms with Crippen molar-refractivity contribution in [1.82, 2.24) is 59.7 Å². The lowest BCUT2D eigenvalue weighted by molar-refractivity contribution is -0.141. The molecule has 10 heterocycles. The van der Waals surface area contributed by atoms with E-state index < -0.39 is 18.0 Å². The zero-order valence-corrected chi connectivity index (χ0v) is 78.6. The van der Waals surface area contributed by atoms with Crippen LogP contribution in [0.2, 0.25) is 0 Å². The molecule has 0 unspecified atom stereocenters. The van der Waals surface area contributed by atoms with Crippen molar-refractivity contribution >= 4 is 0 Å². The third-order valence-electron chi connectivity index (χ3n) is 23.9. The van der Waals surface area contributed by atoms with Crippen molar-refractivity contribution in [3.8, 4) is 0 Å². The summed E-state index contributed by atoms with van der Waals surface area (Å²) in [7, 11) is 0. The van der Waals surface area contributed by atoms with E-state index in [1.807, 2.05) is 46.0 Å². The Bertz CT molecular complexity index is 2530. The zero-order chi connectivity index (χ0) is 85.9. The van der Waals surface area contributed by atoms with Crippen LogP contribution in [0.3, 0.4) is 0 Å². The predicted octanol–water partition coefficient (Wildman–Crippen LogP) is 19.7. The number of halogens is 5. The summed E-state index contributed by atoms with van der Waals surface area (Å²) in [5, 5.41) is 16.1. The van der Waals surface area contributed by atoms with Gasteiger partial charge in [-0.25, -0.2) is 22.0 Å². The summed E-state index contributed by atoms with van der Waals surface area (Å²) in [5.41, 5.74) is 8.75. The number of piperidine rings is 3. The van der Waals surface area contributed by atoms with Crippen molar-refractivity contribution in [1.29, 1.82) is 0 Å². The van der Waals surface area contributed by atoms with Crippen LogP contribution < -0.4 is 16.4 Å². The third kappa shape index (κ3) is 49.4. The molecule has 114 heavy (non-hydrogen) atoms. The van der Waals surface area contributed by atoms with Crippen LogP contribution >= 0.6 is 0 Å². The molecular weight excluding hydrogens is 1430 g/mol. The Balaban J connectivity index is 0.000000424. The Morgan fingerprint density at radius 1 is 0.404 bits per heavy atom. The quantitative estimate of drug-likeness (QED) is 0.120. The SMILES string of the molecule is CC(C)Cc1ccccn1.CC(C)N1CC(F)(F)C1.CC(C)N1CC(N)C1.CC(C)N1CCC(F)(F)CC1.CC(C)N1CCC(c2ccccc2)CC1.CC(C)N1CCCC1.CC(C)N1CCCC1(C)C.CC(C)N1CCCCC1.CC(C)N1CC[C@@H](F)C1.CC(C)N1CC[C@H](O)C1.CC(C)NC1CC1.CC(C)NC1CCCC1. The zero-order valence-electron chi connectivity index (χ0n) is 78.6. The highest BCUT2D eigenvalue weighted by Gasteiger charge is 2.44. The molecule has 0 radical (unpaired) electrons. The van der Waals surface area contributed by atoms with Gasteiger partial charge in [-0.05, 0) is 310 Å². The van der Waals surface area contributed by atoms with Gasteiger partial charge in [-0.1, -0.05) is 97.2 Å². The second-order valence-corrected chi connectivity index (χ2v) is 39.0. The van der Waals surface area contributed by atoms with Gasteiger partial charge in [-0.2, -0.15) is 0 Å². The minimum Gasteiger partial charge on any atom is -0.392 e. The molecule has 1 aromatic heterocycles. The van der Waals surface area contributed by atoms with Crippen LogP contribution in [0, 0.1) is 5.92 Å². The number of pyridine rings is 1. The number of β-amino-alcohol motifs (C(OH)–C–C–N with tert-alkyl or cyclic N) is 1. The van der Waals surface area contributed by atoms with Crippen LogP contribution in [-0.4, -0.2) is 280 Å². The number of nitrogens with zero attached hydrogens (tertiary/aromatic N) is 10. The normalized spacial score (nSPS) is 23.2. The van der Waals surface area contributed by atoms with Gasteiger partial charge in [0, 0.05) is 167 Å². The summed E-state index contributed by atoms with van der Waals surface area (Å²) in [4.78, 5) is 25.2. The van der Waals surface area contributed by atoms with Gasteiger partial charge in [-0.3, -0.25) is 29.5 Å². The largest absolute Gasteiger partial charge is 0.392 e. The molecule has 11 aliphatic rings. The molecule has 19 heteroatoms. The van der Waals surface area contributed by atoms with Crippen LogP contribution in [0.1, 0.15) is 319 Å². The number of aromatic nitrogens is 1. The fourth-order valence-corrected chi connectivity index (χ4v) is 16.2. The minimum atomic E-state index is -2.40. The van der Waals surface area contributed by atoms with Gasteiger partial charge in [0.15, 0.2) is 0 Å². The lowest BCUT2D eigenvalue weighted by Gasteiger charge is -2.41. The molecule has 2 atom stereocenters. The molecule has 2 aromatic rings. The van der Waals surface area contributed by atoms with E-state index in [0.29, 0.717) is 79.4 Å². The van der Waals surface area contributed by atoms with Crippen LogP contribution in [0.4, 0.5) is 22.0 Å². The number of nitrogens with two attached hydrogens (primary N) is 1. The summed E-state index contributed by atoms with van der Waals surface area (Å²) in [6, 6.07) is 26.0. The van der Waals surface area contributed by atoms with Crippen molar-refractivity contribution in [3.63, 3.8) is 0 Å². The number of alkyl halides is 5. The van der Waals surface area contributed by atoms with Crippen molar-refractivity contribution in [3.05, 3.63) is 66.0 Å². The van der Waals surface area contributed by atoms with Gasteiger partial charge in [-0.15, -0.1) is 0 Å². The summed E-state index contributed by atoms with van der Waals surface area (Å²) < 4.78 is 61.9. The molecule has 0 spiro atoms. The highest BCUT2D eigenvalue weighted by molar-refractivity contribution is 5.20. The summed E-state index contributed by atoms with van der Waals surface area (Å²) in [6.45, 7) is 72.9. The maximum absolute atomic E-state index is 12.6. The lowest BCUT2D eigenvalue weighted by atomic mass is 9.89. The molecule has 11 fully saturated rings. The van der Waals surface area contributed by atoms with Gasteiger partial charge in [0.1, 0.15) is 6.17 Å². The lowest BCUT2D eigenvalue weighted by Crippen LogP contribution is -2.58. The monoisotopic (exact) mass is 1620 g/mol. The second kappa shape index (κ2) is 57.7. The van der Waals surface area contributed by atoms with Crippen molar-refractivity contribution < 1.29 is 27.1 Å². The highest BCUT2D eigenvalue weighted by Crippen LogP contribution is 2.32. The second-order valence-electron chi connectivity index (χ2n) is 39.0. The van der Waals surface area contributed by atoms with Crippen molar-refractivity contribution in [2.45, 2.75) is 429 Å². The number of rotatable bonds is 16. The highest BCUT2D eigenvalue weighted by atomic mass is 19.3. The smallest absolute Gasteiger partial charge is 0.272 e. The number of hydrogen-bond donors (Lipinski definition) is 4. The Labute approximate surface area is 700 Å². The van der Waals surface area contributed by atoms with Crippen molar-refractivity contribution in [2.75, 3.05) is 111 Å². The van der Waals surface area contributed by atoms with E-state index in [1.54, 1.807) is 4.90 Å². The molecule has 0 bridgehead atoms. The average molecular weight is 1620 g/mol. The molecule has 13 rings (SSSR count). The summed E-state index contributed by atoms with van der Waals surface area (Å²) >= 11 is 0. The predicted molar refractivity (Wildman–Crippen MR) is 482 cm³/mol. The number of likely N-dealkylation sites (tertiary alicyclic amines) is 9. The number of nitrogens with one attached hydrogen (secondary N) is 2. The Morgan fingerprint density at radius 3 is 1.11 bits per heavy atom. The fourth-order valence-electron chi connectivity index (χ4n) is 16.2. The van der Waals surface area contributed by atoms with Crippen LogP contribution in [0.15, 0.2) is 54.7 Å². The van der Waals surface area contributed by atoms with Crippen LogP contribution in [-0.2, 0) is 6.42 Å². The first-order valence-electron chi connectivity index (χ1n) is 46.4. The third-order valence-corrected chi connectivity index (χ3v) is 23.9. The molecular formula is C95H184F5N13O. The first-order valence-corrected chi connectivity index (χ1v) is 46.4. The van der Waals surface area contributed by atoms with Gasteiger partial charge in [0.25, 0.3) is 11.8 Å². The Morgan fingerprint density at radius 2 is 0.816 bits per heavy atom. The number of benzene rings is 1. The molecule has 1 aromatic carbocycles. The first-order chi connectivity index (χ1) is 53.4. The number of aliphatic hydroxyl groups is 1. The molecule has 2 aliphatic carbocycles. The van der Waals surface area contributed by atoms with Gasteiger partial charge in [0.2, 0.25) is 0 Å². The molecule has 9 saturated heterocycles. The van der Waals surface area contributed by atoms with Crippen LogP contribution in [0.25, 0.3) is 0 Å². The molecule has 2 saturated carbocycles. The molecule has 670 valence electrons. The summed E-state index contributed by atoms with van der Waals surface area (Å²) in [6.07, 6.45) is 25.0. The van der Waals surface area contributed by atoms with E-state index in [-0.39, 0.29) is 38.1 Å². The number of aliphatic hydroxyl groups excluding tert-OH is 1. The Hall–Kier alpha value is -2.50. The van der Waals surface area contributed by atoms with Gasteiger partial charge in [0.05, 0.1) is 19.2 Å². The van der Waals surface area contributed by atoms with Gasteiger partial charge >= 0.3 is 0 Å². The minimum absolute atomic E-state index is 0.0329.